The number of nitrogens with zero attached hydrogens (tertiary/aromatic N) is 1. The van der Waals surface area contributed by atoms with Gasteiger partial charge in [-0.25, -0.2) is 4.79 Å². The quantitative estimate of drug-likeness (QED) is 0.842. The van der Waals surface area contributed by atoms with Crippen molar-refractivity contribution in [3.05, 3.63) is 28.0 Å². The minimum Gasteiger partial charge on any atom is -0.478 e. The number of ether oxygens (including phenoxy) is 1. The number of carbonyl (C=O) groups is 1. The van der Waals surface area contributed by atoms with Crippen molar-refractivity contribution in [3.8, 4) is 0 Å². The molecule has 1 aromatic heterocycles. The molecule has 0 aromatic carbocycles. The van der Waals surface area contributed by atoms with Crippen LogP contribution in [0.15, 0.2) is 17.5 Å². The Balaban J connectivity index is 2.06. The van der Waals surface area contributed by atoms with Gasteiger partial charge in [-0.05, 0) is 29.5 Å². The van der Waals surface area contributed by atoms with Gasteiger partial charge < -0.3 is 9.84 Å². The van der Waals surface area contributed by atoms with E-state index in [2.05, 4.69) is 11.8 Å². The van der Waals surface area contributed by atoms with Crippen LogP contribution < -0.4 is 0 Å². The van der Waals surface area contributed by atoms with E-state index in [0.29, 0.717) is 6.04 Å². The maximum absolute atomic E-state index is 10.6. The summed E-state index contributed by atoms with van der Waals surface area (Å²) in [6, 6.07) is 2.44. The van der Waals surface area contributed by atoms with E-state index in [-0.39, 0.29) is 0 Å². The Morgan fingerprint density at radius 3 is 3.26 bits per heavy atom. The number of hydrogen-bond acceptors (Lipinski definition) is 4. The summed E-state index contributed by atoms with van der Waals surface area (Å²) in [4.78, 5) is 14.2. The van der Waals surface area contributed by atoms with Crippen molar-refractivity contribution in [2.75, 3.05) is 19.8 Å². The highest BCUT2D eigenvalue weighted by molar-refractivity contribution is 7.10. The molecule has 104 valence electrons. The fourth-order valence-corrected chi connectivity index (χ4v) is 3.14. The molecular formula is C14H19NO3S. The Morgan fingerprint density at radius 1 is 1.68 bits per heavy atom. The van der Waals surface area contributed by atoms with Crippen molar-refractivity contribution >= 4 is 23.4 Å². The van der Waals surface area contributed by atoms with Gasteiger partial charge in [-0.3, -0.25) is 4.90 Å². The van der Waals surface area contributed by atoms with Gasteiger partial charge in [0, 0.05) is 30.1 Å². The summed E-state index contributed by atoms with van der Waals surface area (Å²) in [5.74, 6) is -0.907. The topological polar surface area (TPSA) is 49.8 Å². The standard InChI is InChI=1S/C14H19NO3S/c1-2-12-10-18-7-6-15(12)9-13-11(5-8-19-13)3-4-14(16)17/h3-5,8,12H,2,6-7,9-10H2,1H3,(H,16,17). The van der Waals surface area contributed by atoms with Gasteiger partial charge in [0.15, 0.2) is 0 Å². The van der Waals surface area contributed by atoms with Gasteiger partial charge in [0.2, 0.25) is 0 Å². The first-order valence-electron chi connectivity index (χ1n) is 6.50. The predicted octanol–water partition coefficient (Wildman–Crippen LogP) is 2.46. The molecule has 0 radical (unpaired) electrons. The number of hydrogen-bond donors (Lipinski definition) is 1. The van der Waals surface area contributed by atoms with Gasteiger partial charge in [0.05, 0.1) is 13.2 Å². The lowest BCUT2D eigenvalue weighted by atomic mass is 10.1. The number of rotatable bonds is 5. The zero-order chi connectivity index (χ0) is 13.7. The summed E-state index contributed by atoms with van der Waals surface area (Å²) in [6.07, 6.45) is 3.95. The van der Waals surface area contributed by atoms with Crippen molar-refractivity contribution in [1.82, 2.24) is 4.90 Å². The molecule has 1 aliphatic heterocycles. The highest BCUT2D eigenvalue weighted by Crippen LogP contribution is 2.23. The van der Waals surface area contributed by atoms with Crippen molar-refractivity contribution in [2.24, 2.45) is 0 Å². The smallest absolute Gasteiger partial charge is 0.328 e. The van der Waals surface area contributed by atoms with Crippen LogP contribution in [0.3, 0.4) is 0 Å². The average molecular weight is 281 g/mol. The lowest BCUT2D eigenvalue weighted by Crippen LogP contribution is -2.44. The van der Waals surface area contributed by atoms with Crippen molar-refractivity contribution < 1.29 is 14.6 Å². The van der Waals surface area contributed by atoms with E-state index in [0.717, 1.165) is 38.3 Å². The highest BCUT2D eigenvalue weighted by atomic mass is 32.1. The normalized spacial score (nSPS) is 21.0. The van der Waals surface area contributed by atoms with Crippen LogP contribution in [0.4, 0.5) is 0 Å². The molecule has 0 bridgehead atoms. The Kier molecular flexibility index (Phi) is 5.13. The molecule has 1 aliphatic rings. The molecule has 4 nitrogen and oxygen atoms in total. The summed E-state index contributed by atoms with van der Waals surface area (Å²) in [7, 11) is 0. The fraction of sp³-hybridized carbons (Fsp3) is 0.500. The summed E-state index contributed by atoms with van der Waals surface area (Å²) < 4.78 is 5.50. The molecule has 0 spiro atoms. The van der Waals surface area contributed by atoms with Gasteiger partial charge in [-0.15, -0.1) is 11.3 Å². The third kappa shape index (κ3) is 3.89. The van der Waals surface area contributed by atoms with Gasteiger partial charge in [-0.2, -0.15) is 0 Å². The van der Waals surface area contributed by atoms with Gasteiger partial charge >= 0.3 is 5.97 Å². The van der Waals surface area contributed by atoms with Gasteiger partial charge in [-0.1, -0.05) is 6.92 Å². The SMILES string of the molecule is CCC1COCCN1Cc1sccc1C=CC(=O)O. The second-order valence-corrected chi connectivity index (χ2v) is 5.58. The summed E-state index contributed by atoms with van der Waals surface area (Å²) >= 11 is 1.68. The molecule has 1 saturated heterocycles. The van der Waals surface area contributed by atoms with Crippen LogP contribution in [0, 0.1) is 0 Å². The number of thiophene rings is 1. The van der Waals surface area contributed by atoms with E-state index in [1.165, 1.54) is 11.0 Å². The average Bonchev–Trinajstić information content (AvgIpc) is 2.84. The van der Waals surface area contributed by atoms with E-state index in [4.69, 9.17) is 9.84 Å². The Labute approximate surface area is 117 Å². The van der Waals surface area contributed by atoms with Crippen LogP contribution in [0.5, 0.6) is 0 Å². The van der Waals surface area contributed by atoms with Crippen LogP contribution in [0.25, 0.3) is 6.08 Å². The summed E-state index contributed by atoms with van der Waals surface area (Å²) in [5, 5.41) is 10.7. The monoisotopic (exact) mass is 281 g/mol. The maximum atomic E-state index is 10.6. The Bertz CT molecular complexity index is 455. The largest absolute Gasteiger partial charge is 0.478 e. The Morgan fingerprint density at radius 2 is 2.53 bits per heavy atom. The van der Waals surface area contributed by atoms with Gasteiger partial charge in [0.1, 0.15) is 0 Å². The molecule has 2 heterocycles. The molecule has 19 heavy (non-hydrogen) atoms. The van der Waals surface area contributed by atoms with E-state index in [1.807, 2.05) is 11.4 Å². The van der Waals surface area contributed by atoms with Gasteiger partial charge in [0.25, 0.3) is 0 Å². The van der Waals surface area contributed by atoms with Crippen LogP contribution in [0.2, 0.25) is 0 Å². The first-order chi connectivity index (χ1) is 9.20. The second-order valence-electron chi connectivity index (χ2n) is 4.58. The number of carboxylic acid groups (broad SMARTS) is 1. The lowest BCUT2D eigenvalue weighted by molar-refractivity contribution is -0.131. The molecule has 0 saturated carbocycles. The van der Waals surface area contributed by atoms with Crippen LogP contribution in [-0.4, -0.2) is 41.8 Å². The molecule has 5 heteroatoms. The van der Waals surface area contributed by atoms with Crippen LogP contribution >= 0.6 is 11.3 Å². The third-order valence-electron chi connectivity index (χ3n) is 3.35. The minimum atomic E-state index is -0.907. The Hall–Kier alpha value is -1.17. The first kappa shape index (κ1) is 14.2. The molecule has 0 aliphatic carbocycles. The summed E-state index contributed by atoms with van der Waals surface area (Å²) in [6.45, 7) is 5.56. The second kappa shape index (κ2) is 6.84. The maximum Gasteiger partial charge on any atom is 0.328 e. The minimum absolute atomic E-state index is 0.465. The van der Waals surface area contributed by atoms with Crippen molar-refractivity contribution in [3.63, 3.8) is 0 Å². The number of carboxylic acids is 1. The molecule has 1 unspecified atom stereocenters. The zero-order valence-corrected chi connectivity index (χ0v) is 11.9. The molecule has 1 fully saturated rings. The highest BCUT2D eigenvalue weighted by Gasteiger charge is 2.22. The van der Waals surface area contributed by atoms with E-state index in [1.54, 1.807) is 17.4 Å². The van der Waals surface area contributed by atoms with E-state index < -0.39 is 5.97 Å². The van der Waals surface area contributed by atoms with Crippen LogP contribution in [-0.2, 0) is 16.1 Å². The van der Waals surface area contributed by atoms with Crippen molar-refractivity contribution in [1.29, 1.82) is 0 Å². The lowest BCUT2D eigenvalue weighted by Gasteiger charge is -2.34. The van der Waals surface area contributed by atoms with Crippen molar-refractivity contribution in [2.45, 2.75) is 25.9 Å². The third-order valence-corrected chi connectivity index (χ3v) is 4.27. The number of morpholine rings is 1. The molecule has 0 amide bonds. The molecule has 1 atom stereocenters. The van der Waals surface area contributed by atoms with E-state index in [9.17, 15) is 4.79 Å². The molecule has 2 rings (SSSR count). The van der Waals surface area contributed by atoms with Crippen LogP contribution in [0.1, 0.15) is 23.8 Å². The molecule has 1 N–H and O–H groups in total. The summed E-state index contributed by atoms with van der Waals surface area (Å²) in [5.41, 5.74) is 1.01. The predicted molar refractivity (Wildman–Crippen MR) is 76.3 cm³/mol. The number of aliphatic carboxylic acids is 1. The molecular weight excluding hydrogens is 262 g/mol. The zero-order valence-electron chi connectivity index (χ0n) is 11.0. The fourth-order valence-electron chi connectivity index (χ4n) is 2.25. The molecule has 1 aromatic rings. The van der Waals surface area contributed by atoms with E-state index >= 15 is 0 Å². The first-order valence-corrected chi connectivity index (χ1v) is 7.38.